The van der Waals surface area contributed by atoms with Crippen molar-refractivity contribution >= 4 is 0 Å². The van der Waals surface area contributed by atoms with E-state index in [0.717, 1.165) is 16.7 Å². The second-order valence-corrected chi connectivity index (χ2v) is 3.76. The molecule has 0 fully saturated rings. The summed E-state index contributed by atoms with van der Waals surface area (Å²) in [6, 6.07) is 13.8. The molecule has 2 aromatic carbocycles. The summed E-state index contributed by atoms with van der Waals surface area (Å²) in [6.07, 6.45) is 0. The second kappa shape index (κ2) is 5.60. The molecule has 1 N–H and O–H groups in total. The van der Waals surface area contributed by atoms with Crippen LogP contribution in [0.15, 0.2) is 48.5 Å². The molecule has 0 aliphatic carbocycles. The van der Waals surface area contributed by atoms with E-state index in [4.69, 9.17) is 5.11 Å². The van der Waals surface area contributed by atoms with E-state index >= 15 is 0 Å². The number of halogens is 2. The molecule has 0 aromatic heterocycles. The van der Waals surface area contributed by atoms with Gasteiger partial charge in [0.25, 0.3) is 0 Å². The van der Waals surface area contributed by atoms with Gasteiger partial charge in [-0.2, -0.15) is 8.78 Å². The molecule has 18 heavy (non-hydrogen) atoms. The normalized spacial score (nSPS) is 10.7. The Kier molecular flexibility index (Phi) is 3.89. The molecule has 94 valence electrons. The standard InChI is InChI=1S/C14H12F2O2/c15-14(16)18-13-7-5-12(6-8-13)11-3-1-10(9-17)2-4-11/h1-8,14,17H,9H2. The lowest BCUT2D eigenvalue weighted by Gasteiger charge is -2.06. The maximum Gasteiger partial charge on any atom is 0.387 e. The van der Waals surface area contributed by atoms with Crippen molar-refractivity contribution in [2.45, 2.75) is 13.2 Å². The van der Waals surface area contributed by atoms with Gasteiger partial charge < -0.3 is 9.84 Å². The minimum Gasteiger partial charge on any atom is -0.435 e. The first-order chi connectivity index (χ1) is 8.69. The van der Waals surface area contributed by atoms with Crippen LogP contribution in [0.25, 0.3) is 11.1 Å². The molecule has 0 radical (unpaired) electrons. The van der Waals surface area contributed by atoms with Crippen molar-refractivity contribution in [1.29, 1.82) is 0 Å². The molecule has 2 aromatic rings. The third-order valence-corrected chi connectivity index (χ3v) is 2.55. The predicted molar refractivity (Wildman–Crippen MR) is 64.4 cm³/mol. The maximum absolute atomic E-state index is 12.0. The summed E-state index contributed by atoms with van der Waals surface area (Å²) < 4.78 is 28.2. The summed E-state index contributed by atoms with van der Waals surface area (Å²) in [4.78, 5) is 0. The average Bonchev–Trinajstić information content (AvgIpc) is 2.39. The smallest absolute Gasteiger partial charge is 0.387 e. The molecule has 0 amide bonds. The van der Waals surface area contributed by atoms with Crippen molar-refractivity contribution in [3.05, 3.63) is 54.1 Å². The van der Waals surface area contributed by atoms with Crippen molar-refractivity contribution in [2.75, 3.05) is 0 Å². The van der Waals surface area contributed by atoms with Gasteiger partial charge in [-0.05, 0) is 28.8 Å². The van der Waals surface area contributed by atoms with Gasteiger partial charge in [-0.3, -0.25) is 0 Å². The Morgan fingerprint density at radius 2 is 1.39 bits per heavy atom. The van der Waals surface area contributed by atoms with Crippen LogP contribution in [0.4, 0.5) is 8.78 Å². The van der Waals surface area contributed by atoms with Crippen LogP contribution in [0, 0.1) is 0 Å². The molecule has 2 nitrogen and oxygen atoms in total. The van der Waals surface area contributed by atoms with Gasteiger partial charge in [0.1, 0.15) is 5.75 Å². The number of aliphatic hydroxyl groups excluding tert-OH is 1. The number of alkyl halides is 2. The Labute approximate surface area is 103 Å². The van der Waals surface area contributed by atoms with E-state index in [1.54, 1.807) is 12.1 Å². The first-order valence-corrected chi connectivity index (χ1v) is 5.44. The molecule has 0 saturated heterocycles. The van der Waals surface area contributed by atoms with Gasteiger partial charge in [0.2, 0.25) is 0 Å². The van der Waals surface area contributed by atoms with E-state index < -0.39 is 6.61 Å². The summed E-state index contributed by atoms with van der Waals surface area (Å²) >= 11 is 0. The highest BCUT2D eigenvalue weighted by atomic mass is 19.3. The first-order valence-electron chi connectivity index (χ1n) is 5.44. The minimum absolute atomic E-state index is 0.00143. The van der Waals surface area contributed by atoms with Crippen LogP contribution in [0.3, 0.4) is 0 Å². The van der Waals surface area contributed by atoms with Gasteiger partial charge in [0.15, 0.2) is 0 Å². The van der Waals surface area contributed by atoms with Crippen LogP contribution in [-0.4, -0.2) is 11.7 Å². The molecule has 0 aliphatic heterocycles. The average molecular weight is 250 g/mol. The summed E-state index contributed by atoms with van der Waals surface area (Å²) in [6.45, 7) is -2.80. The van der Waals surface area contributed by atoms with E-state index in [1.807, 2.05) is 24.3 Å². The SMILES string of the molecule is OCc1ccc(-c2ccc(OC(F)F)cc2)cc1. The van der Waals surface area contributed by atoms with E-state index in [2.05, 4.69) is 4.74 Å². The highest BCUT2D eigenvalue weighted by Gasteiger charge is 2.04. The Morgan fingerprint density at radius 3 is 1.83 bits per heavy atom. The van der Waals surface area contributed by atoms with Gasteiger partial charge in [-0.15, -0.1) is 0 Å². The zero-order valence-corrected chi connectivity index (χ0v) is 9.51. The fourth-order valence-electron chi connectivity index (χ4n) is 1.63. The van der Waals surface area contributed by atoms with Gasteiger partial charge in [-0.1, -0.05) is 36.4 Å². The molecule has 2 rings (SSSR count). The van der Waals surface area contributed by atoms with Crippen LogP contribution in [-0.2, 0) is 6.61 Å². The fourth-order valence-corrected chi connectivity index (χ4v) is 1.63. The van der Waals surface area contributed by atoms with E-state index in [0.29, 0.717) is 0 Å². The third-order valence-electron chi connectivity index (χ3n) is 2.55. The molecule has 0 saturated carbocycles. The zero-order chi connectivity index (χ0) is 13.0. The van der Waals surface area contributed by atoms with Crippen molar-refractivity contribution in [3.63, 3.8) is 0 Å². The molecular formula is C14H12F2O2. The summed E-state index contributed by atoms with van der Waals surface area (Å²) in [5.41, 5.74) is 2.69. The Bertz CT molecular complexity index is 492. The van der Waals surface area contributed by atoms with E-state index in [-0.39, 0.29) is 12.4 Å². The van der Waals surface area contributed by atoms with Gasteiger partial charge >= 0.3 is 6.61 Å². The Balaban J connectivity index is 2.17. The summed E-state index contributed by atoms with van der Waals surface area (Å²) in [5, 5.41) is 8.93. The largest absolute Gasteiger partial charge is 0.435 e. The Morgan fingerprint density at radius 1 is 0.889 bits per heavy atom. The van der Waals surface area contributed by atoms with Crippen molar-refractivity contribution in [2.24, 2.45) is 0 Å². The van der Waals surface area contributed by atoms with Crippen molar-refractivity contribution in [3.8, 4) is 16.9 Å². The molecular weight excluding hydrogens is 238 g/mol. The summed E-state index contributed by atoms with van der Waals surface area (Å²) in [5.74, 6) is 0.140. The highest BCUT2D eigenvalue weighted by molar-refractivity contribution is 5.64. The van der Waals surface area contributed by atoms with Crippen LogP contribution in [0.5, 0.6) is 5.75 Å². The lowest BCUT2D eigenvalue weighted by Crippen LogP contribution is -2.01. The van der Waals surface area contributed by atoms with Crippen LogP contribution in [0.2, 0.25) is 0 Å². The van der Waals surface area contributed by atoms with Crippen LogP contribution >= 0.6 is 0 Å². The maximum atomic E-state index is 12.0. The molecule has 0 heterocycles. The van der Waals surface area contributed by atoms with Crippen molar-refractivity contribution < 1.29 is 18.6 Å². The van der Waals surface area contributed by atoms with Crippen LogP contribution in [0.1, 0.15) is 5.56 Å². The van der Waals surface area contributed by atoms with Crippen molar-refractivity contribution in [1.82, 2.24) is 0 Å². The molecule has 4 heteroatoms. The molecule has 0 bridgehead atoms. The molecule has 0 unspecified atom stereocenters. The lowest BCUT2D eigenvalue weighted by molar-refractivity contribution is -0.0498. The predicted octanol–water partition coefficient (Wildman–Crippen LogP) is 3.45. The quantitative estimate of drug-likeness (QED) is 0.900. The molecule has 0 aliphatic rings. The van der Waals surface area contributed by atoms with E-state index in [9.17, 15) is 8.78 Å². The van der Waals surface area contributed by atoms with Gasteiger partial charge in [0.05, 0.1) is 6.61 Å². The number of ether oxygens (including phenoxy) is 1. The van der Waals surface area contributed by atoms with E-state index in [1.165, 1.54) is 12.1 Å². The highest BCUT2D eigenvalue weighted by Crippen LogP contribution is 2.23. The number of benzene rings is 2. The molecule has 0 atom stereocenters. The molecule has 0 spiro atoms. The monoisotopic (exact) mass is 250 g/mol. The minimum atomic E-state index is -2.81. The zero-order valence-electron chi connectivity index (χ0n) is 9.51. The number of aliphatic hydroxyl groups is 1. The Hall–Kier alpha value is -1.94. The first kappa shape index (κ1) is 12.5. The number of rotatable bonds is 4. The third kappa shape index (κ3) is 3.05. The lowest BCUT2D eigenvalue weighted by atomic mass is 10.0. The number of hydrogen-bond acceptors (Lipinski definition) is 2. The summed E-state index contributed by atoms with van der Waals surface area (Å²) in [7, 11) is 0. The second-order valence-electron chi connectivity index (χ2n) is 3.76. The van der Waals surface area contributed by atoms with Gasteiger partial charge in [-0.25, -0.2) is 0 Å². The van der Waals surface area contributed by atoms with Gasteiger partial charge in [0, 0.05) is 0 Å². The van der Waals surface area contributed by atoms with Crippen LogP contribution < -0.4 is 4.74 Å². The topological polar surface area (TPSA) is 29.5 Å². The fraction of sp³-hybridized carbons (Fsp3) is 0.143. The number of hydrogen-bond donors (Lipinski definition) is 1.